The van der Waals surface area contributed by atoms with Crippen LogP contribution in [-0.4, -0.2) is 13.7 Å². The first-order valence-electron chi connectivity index (χ1n) is 4.44. The number of fused-ring (bicyclic) bond motifs is 1. The Labute approximate surface area is 77.9 Å². The summed E-state index contributed by atoms with van der Waals surface area (Å²) in [5.41, 5.74) is 8.42. The van der Waals surface area contributed by atoms with Crippen LogP contribution in [0, 0.1) is 0 Å². The summed E-state index contributed by atoms with van der Waals surface area (Å²) in [6.07, 6.45) is 0. The zero-order valence-electron chi connectivity index (χ0n) is 7.71. The molecule has 0 saturated carbocycles. The molecule has 2 rings (SSSR count). The van der Waals surface area contributed by atoms with Crippen molar-refractivity contribution in [3.63, 3.8) is 0 Å². The maximum absolute atomic E-state index is 5.93. The Morgan fingerprint density at radius 1 is 1.54 bits per heavy atom. The van der Waals surface area contributed by atoms with Gasteiger partial charge in [0.2, 0.25) is 0 Å². The molecule has 0 aliphatic carbocycles. The second-order valence-electron chi connectivity index (χ2n) is 3.30. The highest BCUT2D eigenvalue weighted by Gasteiger charge is 2.15. The molecule has 0 fully saturated rings. The van der Waals surface area contributed by atoms with Crippen LogP contribution in [0.3, 0.4) is 0 Å². The van der Waals surface area contributed by atoms with Gasteiger partial charge >= 0.3 is 0 Å². The van der Waals surface area contributed by atoms with Crippen LogP contribution in [-0.2, 0) is 6.54 Å². The van der Waals surface area contributed by atoms with Crippen molar-refractivity contribution in [2.45, 2.75) is 12.6 Å². The van der Waals surface area contributed by atoms with Gasteiger partial charge in [0, 0.05) is 19.1 Å². The van der Waals surface area contributed by atoms with Gasteiger partial charge < -0.3 is 15.8 Å². The predicted octanol–water partition coefficient (Wildman–Crippen LogP) is 0.798. The molecule has 0 saturated heterocycles. The van der Waals surface area contributed by atoms with Crippen LogP contribution in [0.1, 0.15) is 17.2 Å². The van der Waals surface area contributed by atoms with E-state index in [1.54, 1.807) is 7.11 Å². The van der Waals surface area contributed by atoms with E-state index in [1.807, 2.05) is 12.1 Å². The normalized spacial score (nSPS) is 20.9. The molecule has 1 aliphatic rings. The number of rotatable bonds is 1. The molecule has 1 aromatic rings. The quantitative estimate of drug-likeness (QED) is 0.668. The maximum atomic E-state index is 5.93. The lowest BCUT2D eigenvalue weighted by atomic mass is 9.97. The summed E-state index contributed by atoms with van der Waals surface area (Å²) in [5, 5.41) is 3.26. The Hall–Kier alpha value is -1.06. The molecule has 1 aromatic carbocycles. The average Bonchev–Trinajstić information content (AvgIpc) is 2.18. The van der Waals surface area contributed by atoms with Gasteiger partial charge in [0.15, 0.2) is 0 Å². The van der Waals surface area contributed by atoms with Gasteiger partial charge in [0.1, 0.15) is 5.75 Å². The van der Waals surface area contributed by atoms with Crippen LogP contribution in [0.25, 0.3) is 0 Å². The van der Waals surface area contributed by atoms with Crippen LogP contribution < -0.4 is 15.8 Å². The fraction of sp³-hybridized carbons (Fsp3) is 0.400. The summed E-state index contributed by atoms with van der Waals surface area (Å²) >= 11 is 0. The average molecular weight is 178 g/mol. The van der Waals surface area contributed by atoms with Gasteiger partial charge in [-0.15, -0.1) is 0 Å². The van der Waals surface area contributed by atoms with E-state index in [1.165, 1.54) is 11.1 Å². The van der Waals surface area contributed by atoms with E-state index in [9.17, 15) is 0 Å². The van der Waals surface area contributed by atoms with E-state index in [0.717, 1.165) is 18.8 Å². The highest BCUT2D eigenvalue weighted by Crippen LogP contribution is 2.24. The van der Waals surface area contributed by atoms with Gasteiger partial charge in [-0.2, -0.15) is 0 Å². The first kappa shape index (κ1) is 8.53. The molecule has 3 heteroatoms. The molecule has 1 atom stereocenters. The van der Waals surface area contributed by atoms with E-state index < -0.39 is 0 Å². The van der Waals surface area contributed by atoms with E-state index >= 15 is 0 Å². The van der Waals surface area contributed by atoms with E-state index in [4.69, 9.17) is 10.5 Å². The van der Waals surface area contributed by atoms with Crippen LogP contribution in [0.4, 0.5) is 0 Å². The van der Waals surface area contributed by atoms with Crippen molar-refractivity contribution in [1.29, 1.82) is 0 Å². The number of nitrogens with two attached hydrogens (primary N) is 1. The Balaban J connectivity index is 2.39. The minimum absolute atomic E-state index is 0.120. The molecule has 3 nitrogen and oxygen atoms in total. The summed E-state index contributed by atoms with van der Waals surface area (Å²) in [6.45, 7) is 1.75. The summed E-state index contributed by atoms with van der Waals surface area (Å²) < 4.78 is 5.15. The zero-order chi connectivity index (χ0) is 9.26. The number of hydrogen-bond donors (Lipinski definition) is 2. The number of nitrogens with one attached hydrogen (secondary N) is 1. The molecular formula is C10H14N2O. The second kappa shape index (κ2) is 3.36. The van der Waals surface area contributed by atoms with Crippen LogP contribution in [0.2, 0.25) is 0 Å². The third-order valence-corrected chi connectivity index (χ3v) is 2.43. The van der Waals surface area contributed by atoms with Crippen molar-refractivity contribution in [3.8, 4) is 5.75 Å². The SMILES string of the molecule is COc1ccc2c(c1)CNC[C@@H]2N. The molecule has 1 heterocycles. The first-order valence-corrected chi connectivity index (χ1v) is 4.44. The Morgan fingerprint density at radius 2 is 2.38 bits per heavy atom. The first-order chi connectivity index (χ1) is 6.31. The Morgan fingerprint density at radius 3 is 3.15 bits per heavy atom. The molecule has 1 aliphatic heterocycles. The van der Waals surface area contributed by atoms with Gasteiger partial charge in [-0.1, -0.05) is 6.07 Å². The molecular weight excluding hydrogens is 164 g/mol. The van der Waals surface area contributed by atoms with Crippen molar-refractivity contribution >= 4 is 0 Å². The molecule has 0 amide bonds. The summed E-state index contributed by atoms with van der Waals surface area (Å²) in [5.74, 6) is 0.898. The lowest BCUT2D eigenvalue weighted by Crippen LogP contribution is -2.32. The summed E-state index contributed by atoms with van der Waals surface area (Å²) in [7, 11) is 1.68. The van der Waals surface area contributed by atoms with E-state index in [-0.39, 0.29) is 6.04 Å². The molecule has 0 spiro atoms. The lowest BCUT2D eigenvalue weighted by Gasteiger charge is -2.23. The minimum Gasteiger partial charge on any atom is -0.497 e. The number of methoxy groups -OCH3 is 1. The number of benzene rings is 1. The van der Waals surface area contributed by atoms with Gasteiger partial charge in [-0.3, -0.25) is 0 Å². The number of ether oxygens (including phenoxy) is 1. The largest absolute Gasteiger partial charge is 0.497 e. The molecule has 13 heavy (non-hydrogen) atoms. The van der Waals surface area contributed by atoms with Crippen LogP contribution >= 0.6 is 0 Å². The van der Waals surface area contributed by atoms with E-state index in [0.29, 0.717) is 0 Å². The molecule has 3 N–H and O–H groups in total. The highest BCUT2D eigenvalue weighted by atomic mass is 16.5. The van der Waals surface area contributed by atoms with Gasteiger partial charge in [0.05, 0.1) is 7.11 Å². The fourth-order valence-electron chi connectivity index (χ4n) is 1.70. The van der Waals surface area contributed by atoms with Gasteiger partial charge in [0.25, 0.3) is 0 Å². The summed E-state index contributed by atoms with van der Waals surface area (Å²) in [4.78, 5) is 0. The Kier molecular flexibility index (Phi) is 2.20. The van der Waals surface area contributed by atoms with Crippen molar-refractivity contribution in [1.82, 2.24) is 5.32 Å². The summed E-state index contributed by atoms with van der Waals surface area (Å²) in [6, 6.07) is 6.18. The van der Waals surface area contributed by atoms with Gasteiger partial charge in [-0.25, -0.2) is 0 Å². The fourth-order valence-corrected chi connectivity index (χ4v) is 1.70. The molecule has 70 valence electrons. The molecule has 0 radical (unpaired) electrons. The van der Waals surface area contributed by atoms with Crippen LogP contribution in [0.5, 0.6) is 5.75 Å². The van der Waals surface area contributed by atoms with Crippen molar-refractivity contribution in [2.75, 3.05) is 13.7 Å². The van der Waals surface area contributed by atoms with Gasteiger partial charge in [-0.05, 0) is 23.3 Å². The highest BCUT2D eigenvalue weighted by molar-refractivity contribution is 5.38. The Bertz CT molecular complexity index is 312. The smallest absolute Gasteiger partial charge is 0.119 e. The van der Waals surface area contributed by atoms with Crippen molar-refractivity contribution < 1.29 is 4.74 Å². The molecule has 0 aromatic heterocycles. The van der Waals surface area contributed by atoms with Crippen LogP contribution in [0.15, 0.2) is 18.2 Å². The zero-order valence-corrected chi connectivity index (χ0v) is 7.71. The second-order valence-corrected chi connectivity index (χ2v) is 3.30. The predicted molar refractivity (Wildman–Crippen MR) is 51.6 cm³/mol. The molecule has 0 bridgehead atoms. The third-order valence-electron chi connectivity index (χ3n) is 2.43. The maximum Gasteiger partial charge on any atom is 0.119 e. The minimum atomic E-state index is 0.120. The van der Waals surface area contributed by atoms with E-state index in [2.05, 4.69) is 11.4 Å². The topological polar surface area (TPSA) is 47.3 Å². The number of hydrogen-bond acceptors (Lipinski definition) is 3. The monoisotopic (exact) mass is 178 g/mol. The molecule has 0 unspecified atom stereocenters. The standard InChI is InChI=1S/C10H14N2O/c1-13-8-2-3-9-7(4-8)5-12-6-10(9)11/h2-4,10,12H,5-6,11H2,1H3/t10-/m0/s1. The third kappa shape index (κ3) is 1.53. The van der Waals surface area contributed by atoms with Crippen molar-refractivity contribution in [3.05, 3.63) is 29.3 Å². The lowest BCUT2D eigenvalue weighted by molar-refractivity contribution is 0.412. The van der Waals surface area contributed by atoms with Crippen molar-refractivity contribution in [2.24, 2.45) is 5.73 Å².